The number of nitrogens with one attached hydrogen (secondary N) is 4. The topological polar surface area (TPSA) is 48.1 Å². The van der Waals surface area contributed by atoms with E-state index in [9.17, 15) is 0 Å². The molecule has 0 heterocycles. The molecule has 0 unspecified atom stereocenters. The zero-order chi connectivity index (χ0) is 15.2. The maximum absolute atomic E-state index is 4.81. The molecule has 0 spiro atoms. The monoisotopic (exact) mass is 426 g/mol. The van der Waals surface area contributed by atoms with Gasteiger partial charge in [-0.15, -0.1) is 0 Å². The van der Waals surface area contributed by atoms with Gasteiger partial charge in [0.15, 0.2) is 13.3 Å². The molecule has 0 aromatic rings. The van der Waals surface area contributed by atoms with E-state index >= 15 is 0 Å². The summed E-state index contributed by atoms with van der Waals surface area (Å²) in [6, 6.07) is 1.19. The van der Waals surface area contributed by atoms with Gasteiger partial charge < -0.3 is 0 Å². The summed E-state index contributed by atoms with van der Waals surface area (Å²) in [5.74, 6) is 0. The average molecular weight is 428 g/mol. The van der Waals surface area contributed by atoms with Crippen LogP contribution in [0.15, 0.2) is 0 Å². The first-order valence-corrected chi connectivity index (χ1v) is 11.7. The summed E-state index contributed by atoms with van der Waals surface area (Å²) in [6.45, 7) is 5.96. The first-order valence-electron chi connectivity index (χ1n) is 7.70. The summed E-state index contributed by atoms with van der Waals surface area (Å²) in [6.07, 6.45) is 13.2. The fourth-order valence-electron chi connectivity index (χ4n) is 2.83. The van der Waals surface area contributed by atoms with Crippen molar-refractivity contribution in [2.45, 2.75) is 76.3 Å². The Balaban J connectivity index is 0.000000677. The first kappa shape index (κ1) is 20.1. The molecular formula is C14H26Cl2N4Pd. The molecule has 21 heavy (non-hydrogen) atoms. The van der Waals surface area contributed by atoms with Crippen LogP contribution in [0.5, 0.6) is 0 Å². The quantitative estimate of drug-likeness (QED) is 0.218. The number of halogens is 2. The molecule has 0 bridgehead atoms. The molecule has 7 heteroatoms. The molecule has 0 aromatic heterocycles. The van der Waals surface area contributed by atoms with Crippen LogP contribution in [0.1, 0.15) is 64.2 Å². The van der Waals surface area contributed by atoms with Crippen molar-refractivity contribution in [2.75, 3.05) is 0 Å². The molecule has 0 amide bonds. The molecule has 0 atom stereocenters. The third-order valence-corrected chi connectivity index (χ3v) is 3.95. The molecule has 2 aliphatic rings. The van der Waals surface area contributed by atoms with E-state index in [0.717, 1.165) is 0 Å². The molecule has 2 aliphatic carbocycles. The van der Waals surface area contributed by atoms with Crippen LogP contribution in [0.25, 0.3) is 0 Å². The molecule has 126 valence electrons. The van der Waals surface area contributed by atoms with Crippen molar-refractivity contribution in [3.05, 3.63) is 13.3 Å². The van der Waals surface area contributed by atoms with Gasteiger partial charge in [0.25, 0.3) is 0 Å². The predicted molar refractivity (Wildman–Crippen MR) is 84.5 cm³/mol. The standard InChI is InChI=1S/C14H26N4.2ClH.Pd/c1-3-7-13(8-4-1)15-11-17-18-12-16-14-9-5-2-6-10-14;;;/h13-18H,1-10H2;2*1H;/q;;;+2/p-2. The predicted octanol–water partition coefficient (Wildman–Crippen LogP) is 3.29. The summed E-state index contributed by atoms with van der Waals surface area (Å²) in [4.78, 5) is 0. The van der Waals surface area contributed by atoms with E-state index in [-0.39, 0.29) is 15.9 Å². The average Bonchev–Trinajstić information content (AvgIpc) is 2.53. The second kappa shape index (κ2) is 14.7. The summed E-state index contributed by atoms with van der Waals surface area (Å²) in [5.41, 5.74) is 5.78. The van der Waals surface area contributed by atoms with Crippen molar-refractivity contribution >= 4 is 19.1 Å². The molecule has 2 rings (SSSR count). The van der Waals surface area contributed by atoms with E-state index in [2.05, 4.69) is 34.8 Å². The Morgan fingerprint density at radius 3 is 1.33 bits per heavy atom. The van der Waals surface area contributed by atoms with Crippen LogP contribution in [-0.4, -0.2) is 12.1 Å². The van der Waals surface area contributed by atoms with Gasteiger partial charge in [-0.2, -0.15) is 0 Å². The van der Waals surface area contributed by atoms with Crippen LogP contribution >= 0.6 is 19.1 Å². The van der Waals surface area contributed by atoms with E-state index in [0.29, 0.717) is 12.1 Å². The van der Waals surface area contributed by atoms with E-state index in [4.69, 9.17) is 19.1 Å². The zero-order valence-corrected chi connectivity index (χ0v) is 15.4. The Bertz CT molecular complexity index is 203. The van der Waals surface area contributed by atoms with Crippen molar-refractivity contribution in [1.82, 2.24) is 21.5 Å². The van der Waals surface area contributed by atoms with Crippen LogP contribution in [0.2, 0.25) is 0 Å². The van der Waals surface area contributed by atoms with Gasteiger partial charge in [0, 0.05) is 12.1 Å². The van der Waals surface area contributed by atoms with Crippen molar-refractivity contribution in [3.8, 4) is 0 Å². The number of hydrogen-bond acceptors (Lipinski definition) is 4. The third-order valence-electron chi connectivity index (χ3n) is 3.95. The molecule has 4 radical (unpaired) electrons. The third kappa shape index (κ3) is 11.3. The Hall–Kier alpha value is 1.08. The van der Waals surface area contributed by atoms with Crippen LogP contribution in [0.4, 0.5) is 0 Å². The summed E-state index contributed by atoms with van der Waals surface area (Å²) in [7, 11) is 9.63. The molecule has 0 saturated heterocycles. The Morgan fingerprint density at radius 2 is 1.00 bits per heavy atom. The van der Waals surface area contributed by atoms with Crippen LogP contribution in [0.3, 0.4) is 0 Å². The van der Waals surface area contributed by atoms with E-state index in [1.165, 1.54) is 64.2 Å². The van der Waals surface area contributed by atoms with Crippen molar-refractivity contribution in [3.63, 3.8) is 0 Å². The van der Waals surface area contributed by atoms with Crippen molar-refractivity contribution in [2.24, 2.45) is 0 Å². The van der Waals surface area contributed by atoms with Gasteiger partial charge in [-0.3, -0.25) is 10.6 Å². The number of rotatable bonds is 7. The fraction of sp³-hybridized carbons (Fsp3) is 0.857. The molecule has 2 fully saturated rings. The van der Waals surface area contributed by atoms with Crippen LogP contribution < -0.4 is 21.5 Å². The van der Waals surface area contributed by atoms with Gasteiger partial charge in [0.1, 0.15) is 0 Å². The Kier molecular flexibility index (Phi) is 14.1. The summed E-state index contributed by atoms with van der Waals surface area (Å²) in [5, 5.41) is 6.54. The molecule has 0 aliphatic heterocycles. The summed E-state index contributed by atoms with van der Waals surface area (Å²) >= 11 is -0.106. The first-order chi connectivity index (χ1) is 10.4. The minimum atomic E-state index is -0.106. The zero-order valence-electron chi connectivity index (χ0n) is 12.3. The minimum absolute atomic E-state index is 0.106. The van der Waals surface area contributed by atoms with Crippen molar-refractivity contribution in [1.29, 1.82) is 0 Å². The van der Waals surface area contributed by atoms with Gasteiger partial charge in [-0.25, -0.2) is 10.9 Å². The fourth-order valence-corrected chi connectivity index (χ4v) is 2.83. The van der Waals surface area contributed by atoms with Gasteiger partial charge >= 0.3 is 35.0 Å². The number of hydrazine groups is 1. The normalized spacial score (nSPS) is 21.0. The molecule has 2 saturated carbocycles. The molecule has 4 nitrogen and oxygen atoms in total. The van der Waals surface area contributed by atoms with Crippen LogP contribution in [-0.2, 0) is 15.9 Å². The SMILES string of the molecule is [C](NN[C]NC1CCCCC1)NC1CCCCC1.[Cl][Pd][Cl]. The molecule has 4 N–H and O–H groups in total. The van der Waals surface area contributed by atoms with Gasteiger partial charge in [-0.1, -0.05) is 38.5 Å². The second-order valence-electron chi connectivity index (χ2n) is 5.50. The van der Waals surface area contributed by atoms with E-state index < -0.39 is 0 Å². The van der Waals surface area contributed by atoms with Crippen molar-refractivity contribution < 1.29 is 15.9 Å². The molecule has 0 aromatic carbocycles. The van der Waals surface area contributed by atoms with Gasteiger partial charge in [-0.05, 0) is 25.7 Å². The van der Waals surface area contributed by atoms with E-state index in [1.54, 1.807) is 0 Å². The van der Waals surface area contributed by atoms with Gasteiger partial charge in [0.05, 0.1) is 0 Å². The van der Waals surface area contributed by atoms with E-state index in [1.807, 2.05) is 0 Å². The maximum atomic E-state index is 4.81. The number of hydrogen-bond donors (Lipinski definition) is 4. The Labute approximate surface area is 145 Å². The molecular weight excluding hydrogens is 402 g/mol. The summed E-state index contributed by atoms with van der Waals surface area (Å²) < 4.78 is 0. The second-order valence-corrected chi connectivity index (χ2v) is 7.86. The van der Waals surface area contributed by atoms with Crippen LogP contribution in [0, 0.1) is 13.3 Å². The Morgan fingerprint density at radius 1 is 0.667 bits per heavy atom. The van der Waals surface area contributed by atoms with Gasteiger partial charge in [0.2, 0.25) is 0 Å².